The molecule has 3 saturated heterocycles. The average molecular weight is 310 g/mol. The Hall–Kier alpha value is -0.850. The number of hydrogen-bond donors (Lipinski definition) is 1. The van der Waals surface area contributed by atoms with Gasteiger partial charge in [-0.2, -0.15) is 0 Å². The second kappa shape index (κ2) is 7.62. The topological polar surface area (TPSA) is 48.0 Å². The first-order valence-corrected chi connectivity index (χ1v) is 8.75. The molecule has 0 aromatic rings. The smallest absolute Gasteiger partial charge is 0.317 e. The Kier molecular flexibility index (Phi) is 5.55. The van der Waals surface area contributed by atoms with Crippen molar-refractivity contribution in [3.8, 4) is 0 Å². The monoisotopic (exact) mass is 310 g/mol. The van der Waals surface area contributed by atoms with Crippen molar-refractivity contribution in [2.75, 3.05) is 66.1 Å². The molecular weight excluding hydrogens is 280 g/mol. The normalized spacial score (nSPS) is 29.0. The van der Waals surface area contributed by atoms with E-state index in [0.29, 0.717) is 6.61 Å². The van der Waals surface area contributed by atoms with Crippen molar-refractivity contribution in [2.24, 2.45) is 5.92 Å². The van der Waals surface area contributed by atoms with Gasteiger partial charge in [0.05, 0.1) is 12.6 Å². The van der Waals surface area contributed by atoms with Crippen LogP contribution in [-0.2, 0) is 4.74 Å². The molecule has 1 N–H and O–H groups in total. The SMILES string of the molecule is CN1CCN(CC2CCN(C(=O)N[C@H]3CCOC3)CC2)CC1. The molecule has 0 radical (unpaired) electrons. The molecule has 0 spiro atoms. The quantitative estimate of drug-likeness (QED) is 0.822. The number of nitrogens with zero attached hydrogens (tertiary/aromatic N) is 3. The third-order valence-corrected chi connectivity index (χ3v) is 5.27. The summed E-state index contributed by atoms with van der Waals surface area (Å²) < 4.78 is 5.31. The zero-order valence-electron chi connectivity index (χ0n) is 13.8. The highest BCUT2D eigenvalue weighted by Gasteiger charge is 2.27. The van der Waals surface area contributed by atoms with Gasteiger partial charge in [-0.25, -0.2) is 4.79 Å². The predicted molar refractivity (Wildman–Crippen MR) is 86.0 cm³/mol. The molecule has 3 heterocycles. The van der Waals surface area contributed by atoms with Gasteiger partial charge in [0.25, 0.3) is 0 Å². The number of hydrogen-bond acceptors (Lipinski definition) is 4. The summed E-state index contributed by atoms with van der Waals surface area (Å²) >= 11 is 0. The number of ether oxygens (including phenoxy) is 1. The third kappa shape index (κ3) is 4.33. The highest BCUT2D eigenvalue weighted by atomic mass is 16.5. The standard InChI is InChI=1S/C16H30N4O2/c1-18-7-9-19(10-8-18)12-14-2-5-20(6-3-14)16(21)17-15-4-11-22-13-15/h14-15H,2-13H2,1H3,(H,17,21)/t15-/m0/s1. The molecule has 0 unspecified atom stereocenters. The molecule has 0 aromatic carbocycles. The predicted octanol–water partition coefficient (Wildman–Crippen LogP) is 0.444. The first-order chi connectivity index (χ1) is 10.7. The van der Waals surface area contributed by atoms with Crippen LogP contribution in [0.3, 0.4) is 0 Å². The molecule has 22 heavy (non-hydrogen) atoms. The number of piperidine rings is 1. The zero-order chi connectivity index (χ0) is 15.4. The fourth-order valence-corrected chi connectivity index (χ4v) is 3.63. The number of rotatable bonds is 3. The van der Waals surface area contributed by atoms with Crippen molar-refractivity contribution >= 4 is 6.03 Å². The van der Waals surface area contributed by atoms with Crippen LogP contribution in [-0.4, -0.2) is 92.8 Å². The molecule has 6 nitrogen and oxygen atoms in total. The van der Waals surface area contributed by atoms with E-state index in [9.17, 15) is 4.79 Å². The molecule has 2 amide bonds. The van der Waals surface area contributed by atoms with Crippen molar-refractivity contribution in [2.45, 2.75) is 25.3 Å². The summed E-state index contributed by atoms with van der Waals surface area (Å²) in [5.74, 6) is 0.752. The third-order valence-electron chi connectivity index (χ3n) is 5.27. The van der Waals surface area contributed by atoms with Crippen LogP contribution >= 0.6 is 0 Å². The van der Waals surface area contributed by atoms with E-state index in [1.165, 1.54) is 32.7 Å². The van der Waals surface area contributed by atoms with Crippen molar-refractivity contribution in [1.29, 1.82) is 0 Å². The summed E-state index contributed by atoms with van der Waals surface area (Å²) in [5.41, 5.74) is 0. The average Bonchev–Trinajstić information content (AvgIpc) is 3.03. The van der Waals surface area contributed by atoms with Crippen LogP contribution in [0.2, 0.25) is 0 Å². The maximum Gasteiger partial charge on any atom is 0.317 e. The van der Waals surface area contributed by atoms with Crippen LogP contribution < -0.4 is 5.32 Å². The number of piperazine rings is 1. The van der Waals surface area contributed by atoms with Crippen LogP contribution in [0.15, 0.2) is 0 Å². The van der Waals surface area contributed by atoms with Crippen molar-refractivity contribution in [1.82, 2.24) is 20.0 Å². The van der Waals surface area contributed by atoms with E-state index in [4.69, 9.17) is 4.74 Å². The minimum absolute atomic E-state index is 0.105. The lowest BCUT2D eigenvalue weighted by Crippen LogP contribution is -2.50. The number of carbonyl (C=O) groups is 1. The number of likely N-dealkylation sites (tertiary alicyclic amines) is 1. The van der Waals surface area contributed by atoms with E-state index in [-0.39, 0.29) is 12.1 Å². The Morgan fingerprint density at radius 3 is 2.45 bits per heavy atom. The summed E-state index contributed by atoms with van der Waals surface area (Å²) in [7, 11) is 2.20. The molecule has 3 fully saturated rings. The van der Waals surface area contributed by atoms with E-state index in [1.807, 2.05) is 4.90 Å². The summed E-state index contributed by atoms with van der Waals surface area (Å²) in [6.07, 6.45) is 3.23. The van der Waals surface area contributed by atoms with Crippen LogP contribution in [0.4, 0.5) is 4.79 Å². The Labute approximate surface area is 133 Å². The molecule has 0 aliphatic carbocycles. The Bertz CT molecular complexity index is 357. The van der Waals surface area contributed by atoms with E-state index < -0.39 is 0 Å². The minimum Gasteiger partial charge on any atom is -0.379 e. The maximum atomic E-state index is 12.2. The highest BCUT2D eigenvalue weighted by molar-refractivity contribution is 5.74. The van der Waals surface area contributed by atoms with Gasteiger partial charge in [-0.1, -0.05) is 0 Å². The second-order valence-corrected chi connectivity index (χ2v) is 7.04. The summed E-state index contributed by atoms with van der Waals surface area (Å²) in [6.45, 7) is 9.21. The molecule has 126 valence electrons. The lowest BCUT2D eigenvalue weighted by Gasteiger charge is -2.38. The van der Waals surface area contributed by atoms with E-state index in [0.717, 1.165) is 44.9 Å². The fourth-order valence-electron chi connectivity index (χ4n) is 3.63. The van der Waals surface area contributed by atoms with Crippen LogP contribution in [0, 0.1) is 5.92 Å². The number of carbonyl (C=O) groups excluding carboxylic acids is 1. The van der Waals surface area contributed by atoms with Crippen molar-refractivity contribution < 1.29 is 9.53 Å². The van der Waals surface area contributed by atoms with Crippen LogP contribution in [0.25, 0.3) is 0 Å². The summed E-state index contributed by atoms with van der Waals surface area (Å²) in [4.78, 5) is 19.2. The largest absolute Gasteiger partial charge is 0.379 e. The van der Waals surface area contributed by atoms with Gasteiger partial charge < -0.3 is 24.8 Å². The van der Waals surface area contributed by atoms with Crippen molar-refractivity contribution in [3.05, 3.63) is 0 Å². The van der Waals surface area contributed by atoms with Gasteiger partial charge >= 0.3 is 6.03 Å². The molecule has 3 rings (SSSR count). The molecule has 1 atom stereocenters. The van der Waals surface area contributed by atoms with Gasteiger partial charge in [0, 0.05) is 52.4 Å². The molecule has 3 aliphatic heterocycles. The molecule has 3 aliphatic rings. The highest BCUT2D eigenvalue weighted by Crippen LogP contribution is 2.19. The number of amides is 2. The summed E-state index contributed by atoms with van der Waals surface area (Å²) in [5, 5.41) is 3.10. The van der Waals surface area contributed by atoms with Gasteiger partial charge in [0.2, 0.25) is 0 Å². The van der Waals surface area contributed by atoms with Crippen LogP contribution in [0.1, 0.15) is 19.3 Å². The van der Waals surface area contributed by atoms with Gasteiger partial charge in [-0.05, 0) is 32.2 Å². The van der Waals surface area contributed by atoms with Crippen LogP contribution in [0.5, 0.6) is 0 Å². The van der Waals surface area contributed by atoms with Crippen molar-refractivity contribution in [3.63, 3.8) is 0 Å². The Morgan fingerprint density at radius 1 is 1.09 bits per heavy atom. The number of nitrogens with one attached hydrogen (secondary N) is 1. The molecule has 6 heteroatoms. The second-order valence-electron chi connectivity index (χ2n) is 7.04. The van der Waals surface area contributed by atoms with Gasteiger partial charge in [-0.15, -0.1) is 0 Å². The van der Waals surface area contributed by atoms with Gasteiger partial charge in [-0.3, -0.25) is 0 Å². The Balaban J connectivity index is 1.35. The first-order valence-electron chi connectivity index (χ1n) is 8.75. The molecule has 0 bridgehead atoms. The van der Waals surface area contributed by atoms with E-state index in [1.54, 1.807) is 0 Å². The van der Waals surface area contributed by atoms with E-state index in [2.05, 4.69) is 22.2 Å². The number of urea groups is 1. The molecule has 0 aromatic heterocycles. The van der Waals surface area contributed by atoms with Gasteiger partial charge in [0.15, 0.2) is 0 Å². The van der Waals surface area contributed by atoms with Gasteiger partial charge in [0.1, 0.15) is 0 Å². The summed E-state index contributed by atoms with van der Waals surface area (Å²) in [6, 6.07) is 0.323. The number of likely N-dealkylation sites (N-methyl/N-ethyl adjacent to an activating group) is 1. The Morgan fingerprint density at radius 2 is 1.82 bits per heavy atom. The van der Waals surface area contributed by atoms with E-state index >= 15 is 0 Å². The molecular formula is C16H30N4O2. The lowest BCUT2D eigenvalue weighted by atomic mass is 9.96. The minimum atomic E-state index is 0.105. The molecule has 0 saturated carbocycles. The maximum absolute atomic E-state index is 12.2. The lowest BCUT2D eigenvalue weighted by molar-refractivity contribution is 0.110. The first kappa shape index (κ1) is 16.0. The fraction of sp³-hybridized carbons (Fsp3) is 0.938. The zero-order valence-corrected chi connectivity index (χ0v) is 13.8.